The third-order valence-corrected chi connectivity index (χ3v) is 9.88. The standard InChI is InChI=1S/C35H42ClN3O6/c1-6-18-37(26-14-16-27(17-15-26)44-8-3)31(41)28-29-32(42)39(20-9-21-40)30(35(29)22-23(4)34(28,5)45-35)33(43)38(19-7-2)25-12-10-24(36)11-13-25/h6-7,10-17,23,28-30,40H,1-2,8-9,18-22H2,3-5H3/t23?,28-,29+,30?,34+,35?/m1/s1. The summed E-state index contributed by atoms with van der Waals surface area (Å²) in [4.78, 5) is 48.6. The Morgan fingerprint density at radius 1 is 1.07 bits per heavy atom. The largest absolute Gasteiger partial charge is 0.494 e. The molecule has 10 heteroatoms. The number of hydrogen-bond acceptors (Lipinski definition) is 6. The van der Waals surface area contributed by atoms with Gasteiger partial charge in [0.05, 0.1) is 24.0 Å². The first-order valence-electron chi connectivity index (χ1n) is 15.5. The van der Waals surface area contributed by atoms with Gasteiger partial charge in [0.1, 0.15) is 17.4 Å². The summed E-state index contributed by atoms with van der Waals surface area (Å²) < 4.78 is 12.5. The topological polar surface area (TPSA) is 99.6 Å². The van der Waals surface area contributed by atoms with Crippen molar-refractivity contribution in [3.05, 3.63) is 78.9 Å². The zero-order chi connectivity index (χ0) is 32.5. The lowest BCUT2D eigenvalue weighted by atomic mass is 9.62. The van der Waals surface area contributed by atoms with Crippen molar-refractivity contribution in [2.75, 3.05) is 42.6 Å². The molecular formula is C35H42ClN3O6. The van der Waals surface area contributed by atoms with Crippen LogP contribution in [0.4, 0.5) is 11.4 Å². The van der Waals surface area contributed by atoms with Crippen LogP contribution in [0.1, 0.15) is 33.6 Å². The van der Waals surface area contributed by atoms with Gasteiger partial charge in [-0.3, -0.25) is 14.4 Å². The molecule has 3 fully saturated rings. The number of likely N-dealkylation sites (tertiary alicyclic amines) is 1. The molecule has 1 spiro atoms. The van der Waals surface area contributed by atoms with Crippen LogP contribution in [0.2, 0.25) is 5.02 Å². The van der Waals surface area contributed by atoms with Gasteiger partial charge in [-0.1, -0.05) is 30.7 Å². The molecule has 3 aliphatic rings. The number of carbonyl (C=O) groups excluding carboxylic acids is 3. The second-order valence-electron chi connectivity index (χ2n) is 12.2. The number of nitrogens with zero attached hydrogens (tertiary/aromatic N) is 3. The van der Waals surface area contributed by atoms with E-state index in [2.05, 4.69) is 13.2 Å². The minimum atomic E-state index is -1.23. The molecule has 0 aromatic heterocycles. The number of hydrogen-bond donors (Lipinski definition) is 1. The first-order chi connectivity index (χ1) is 21.6. The summed E-state index contributed by atoms with van der Waals surface area (Å²) in [5, 5.41) is 10.3. The Kier molecular flexibility index (Phi) is 9.44. The molecule has 240 valence electrons. The number of halogens is 1. The lowest BCUT2D eigenvalue weighted by molar-refractivity contribution is -0.146. The predicted molar refractivity (Wildman–Crippen MR) is 174 cm³/mol. The maximum Gasteiger partial charge on any atom is 0.253 e. The average molecular weight is 636 g/mol. The van der Waals surface area contributed by atoms with Crippen LogP contribution in [0.25, 0.3) is 0 Å². The summed E-state index contributed by atoms with van der Waals surface area (Å²) in [6.45, 7) is 14.5. The van der Waals surface area contributed by atoms with E-state index in [-0.39, 0.29) is 56.3 Å². The fourth-order valence-corrected chi connectivity index (χ4v) is 7.73. The molecule has 5 rings (SSSR count). The lowest BCUT2D eigenvalue weighted by Gasteiger charge is -2.39. The van der Waals surface area contributed by atoms with Gasteiger partial charge >= 0.3 is 0 Å². The summed E-state index contributed by atoms with van der Waals surface area (Å²) >= 11 is 6.15. The molecule has 0 aliphatic carbocycles. The zero-order valence-electron chi connectivity index (χ0n) is 26.2. The van der Waals surface area contributed by atoms with Gasteiger partial charge in [0.2, 0.25) is 11.8 Å². The Balaban J connectivity index is 1.59. The Morgan fingerprint density at radius 3 is 2.20 bits per heavy atom. The van der Waals surface area contributed by atoms with Crippen molar-refractivity contribution >= 4 is 40.7 Å². The molecule has 3 saturated heterocycles. The average Bonchev–Trinajstić information content (AvgIpc) is 3.54. The van der Waals surface area contributed by atoms with Gasteiger partial charge in [0, 0.05) is 42.6 Å². The molecule has 45 heavy (non-hydrogen) atoms. The van der Waals surface area contributed by atoms with Crippen LogP contribution in [0.3, 0.4) is 0 Å². The van der Waals surface area contributed by atoms with Crippen LogP contribution in [-0.2, 0) is 19.1 Å². The number of carbonyl (C=O) groups is 3. The van der Waals surface area contributed by atoms with Crippen LogP contribution in [-0.4, -0.2) is 77.8 Å². The van der Waals surface area contributed by atoms with Crippen molar-refractivity contribution < 1.29 is 29.0 Å². The molecule has 3 amide bonds. The van der Waals surface area contributed by atoms with E-state index >= 15 is 0 Å². The van der Waals surface area contributed by atoms with Crippen LogP contribution >= 0.6 is 11.6 Å². The molecule has 0 saturated carbocycles. The Hall–Kier alpha value is -3.66. The van der Waals surface area contributed by atoms with E-state index in [0.29, 0.717) is 35.2 Å². The van der Waals surface area contributed by atoms with Crippen molar-refractivity contribution in [3.63, 3.8) is 0 Å². The fourth-order valence-electron chi connectivity index (χ4n) is 7.60. The van der Waals surface area contributed by atoms with Gasteiger partial charge in [-0.25, -0.2) is 0 Å². The molecule has 0 radical (unpaired) electrons. The molecule has 3 aliphatic heterocycles. The number of amides is 3. The minimum Gasteiger partial charge on any atom is -0.494 e. The molecule has 3 unspecified atom stereocenters. The maximum atomic E-state index is 14.7. The van der Waals surface area contributed by atoms with Crippen LogP contribution in [0, 0.1) is 17.8 Å². The van der Waals surface area contributed by atoms with E-state index in [1.54, 1.807) is 46.2 Å². The summed E-state index contributed by atoms with van der Waals surface area (Å²) in [7, 11) is 0. The van der Waals surface area contributed by atoms with Crippen molar-refractivity contribution in [2.45, 2.75) is 50.9 Å². The van der Waals surface area contributed by atoms with Crippen LogP contribution in [0.15, 0.2) is 73.8 Å². The first-order valence-corrected chi connectivity index (χ1v) is 15.9. The molecule has 6 atom stereocenters. The second kappa shape index (κ2) is 13.0. The van der Waals surface area contributed by atoms with E-state index < -0.39 is 29.1 Å². The van der Waals surface area contributed by atoms with E-state index in [4.69, 9.17) is 21.1 Å². The number of rotatable bonds is 13. The van der Waals surface area contributed by atoms with Crippen LogP contribution in [0.5, 0.6) is 5.75 Å². The quantitative estimate of drug-likeness (QED) is 0.315. The second-order valence-corrected chi connectivity index (χ2v) is 12.6. The third-order valence-electron chi connectivity index (χ3n) is 9.62. The normalized spacial score (nSPS) is 28.1. The highest BCUT2D eigenvalue weighted by atomic mass is 35.5. The highest BCUT2D eigenvalue weighted by Crippen LogP contribution is 2.65. The van der Waals surface area contributed by atoms with E-state index in [9.17, 15) is 19.5 Å². The molecule has 2 aromatic rings. The molecular weight excluding hydrogens is 594 g/mol. The minimum absolute atomic E-state index is 0.127. The van der Waals surface area contributed by atoms with E-state index in [1.165, 1.54) is 4.90 Å². The number of ether oxygens (including phenoxy) is 2. The number of anilines is 2. The molecule has 3 heterocycles. The highest BCUT2D eigenvalue weighted by Gasteiger charge is 2.80. The number of benzene rings is 2. The molecule has 9 nitrogen and oxygen atoms in total. The highest BCUT2D eigenvalue weighted by molar-refractivity contribution is 6.30. The SMILES string of the molecule is C=CCN(C(=O)C1N(CCCO)C(=O)[C@@H]2[C@H](C(=O)N(CC=C)c3ccc(OCC)cc3)[C@@]3(C)OC12CC3C)c1ccc(Cl)cc1. The van der Waals surface area contributed by atoms with Crippen molar-refractivity contribution in [1.29, 1.82) is 0 Å². The lowest BCUT2D eigenvalue weighted by Crippen LogP contribution is -2.57. The third kappa shape index (κ3) is 5.45. The zero-order valence-corrected chi connectivity index (χ0v) is 26.9. The van der Waals surface area contributed by atoms with Crippen molar-refractivity contribution in [2.24, 2.45) is 17.8 Å². The number of aliphatic hydroxyl groups excluding tert-OH is 1. The Bertz CT molecular complexity index is 1450. The Morgan fingerprint density at radius 2 is 1.64 bits per heavy atom. The summed E-state index contributed by atoms with van der Waals surface area (Å²) in [5.74, 6) is -2.07. The molecule has 2 bridgehead atoms. The number of aliphatic hydroxyl groups is 1. The summed E-state index contributed by atoms with van der Waals surface area (Å²) in [6, 6.07) is 13.2. The van der Waals surface area contributed by atoms with Gasteiger partial charge in [0.15, 0.2) is 0 Å². The smallest absolute Gasteiger partial charge is 0.253 e. The predicted octanol–water partition coefficient (Wildman–Crippen LogP) is 4.87. The summed E-state index contributed by atoms with van der Waals surface area (Å²) in [5.41, 5.74) is -0.979. The Labute approximate surface area is 270 Å². The van der Waals surface area contributed by atoms with Gasteiger partial charge in [-0.05, 0) is 81.1 Å². The van der Waals surface area contributed by atoms with Crippen molar-refractivity contribution in [3.8, 4) is 5.75 Å². The van der Waals surface area contributed by atoms with E-state index in [0.717, 1.165) is 0 Å². The molecule has 2 aromatic carbocycles. The van der Waals surface area contributed by atoms with Crippen LogP contribution < -0.4 is 14.5 Å². The van der Waals surface area contributed by atoms with Gasteiger partial charge in [-0.2, -0.15) is 0 Å². The first kappa shape index (κ1) is 32.7. The summed E-state index contributed by atoms with van der Waals surface area (Å²) in [6.07, 6.45) is 3.99. The number of fused-ring (bicyclic) bond motifs is 1. The molecule has 1 N–H and O–H groups in total. The maximum absolute atomic E-state index is 14.7. The van der Waals surface area contributed by atoms with E-state index in [1.807, 2.05) is 45.0 Å². The van der Waals surface area contributed by atoms with Gasteiger partial charge < -0.3 is 29.3 Å². The monoisotopic (exact) mass is 635 g/mol. The van der Waals surface area contributed by atoms with Crippen molar-refractivity contribution in [1.82, 2.24) is 4.90 Å². The fraction of sp³-hybridized carbons (Fsp3) is 0.457. The van der Waals surface area contributed by atoms with Gasteiger partial charge in [-0.15, -0.1) is 13.2 Å². The van der Waals surface area contributed by atoms with Gasteiger partial charge in [0.25, 0.3) is 5.91 Å².